The normalized spacial score (nSPS) is 14.8. The Labute approximate surface area is 197 Å². The highest BCUT2D eigenvalue weighted by Gasteiger charge is 2.26. The summed E-state index contributed by atoms with van der Waals surface area (Å²) in [4.78, 5) is 12.7. The number of benzene rings is 2. The van der Waals surface area contributed by atoms with Crippen LogP contribution in [0.2, 0.25) is 0 Å². The van der Waals surface area contributed by atoms with Crippen molar-refractivity contribution in [3.05, 3.63) is 66.0 Å². The SMILES string of the molecule is Cc1nnc(SCC(=O)Nc2cccc(S(=O)(=O)N3CCOCC3)c2)n1Cc1ccccc1. The predicted molar refractivity (Wildman–Crippen MR) is 126 cm³/mol. The van der Waals surface area contributed by atoms with Gasteiger partial charge in [0, 0.05) is 18.8 Å². The molecule has 9 nitrogen and oxygen atoms in total. The number of rotatable bonds is 8. The maximum absolute atomic E-state index is 12.9. The molecule has 33 heavy (non-hydrogen) atoms. The van der Waals surface area contributed by atoms with Crippen LogP contribution in [0, 0.1) is 6.92 Å². The Hall–Kier alpha value is -2.73. The van der Waals surface area contributed by atoms with Crippen LogP contribution in [-0.2, 0) is 26.1 Å². The van der Waals surface area contributed by atoms with Crippen LogP contribution in [-0.4, -0.2) is 65.5 Å². The quantitative estimate of drug-likeness (QED) is 0.486. The minimum Gasteiger partial charge on any atom is -0.379 e. The zero-order valence-corrected chi connectivity index (χ0v) is 19.8. The Kier molecular flexibility index (Phi) is 7.43. The van der Waals surface area contributed by atoms with Crippen molar-refractivity contribution in [2.75, 3.05) is 37.4 Å². The van der Waals surface area contributed by atoms with Crippen LogP contribution in [0.1, 0.15) is 11.4 Å². The third-order valence-corrected chi connectivity index (χ3v) is 8.00. The van der Waals surface area contributed by atoms with Gasteiger partial charge in [-0.1, -0.05) is 48.2 Å². The topological polar surface area (TPSA) is 106 Å². The van der Waals surface area contributed by atoms with Crippen molar-refractivity contribution < 1.29 is 17.9 Å². The molecule has 1 saturated heterocycles. The van der Waals surface area contributed by atoms with E-state index in [-0.39, 0.29) is 16.6 Å². The molecule has 0 radical (unpaired) electrons. The fourth-order valence-corrected chi connectivity index (χ4v) is 5.65. The molecule has 4 rings (SSSR count). The van der Waals surface area contributed by atoms with E-state index in [1.807, 2.05) is 41.8 Å². The summed E-state index contributed by atoms with van der Waals surface area (Å²) >= 11 is 1.28. The van der Waals surface area contributed by atoms with Crippen molar-refractivity contribution in [3.8, 4) is 0 Å². The van der Waals surface area contributed by atoms with Crippen LogP contribution in [0.15, 0.2) is 64.6 Å². The van der Waals surface area contributed by atoms with Gasteiger partial charge in [0.2, 0.25) is 15.9 Å². The highest BCUT2D eigenvalue weighted by atomic mass is 32.2. The molecule has 0 aliphatic carbocycles. The lowest BCUT2D eigenvalue weighted by Crippen LogP contribution is -2.40. The number of sulfonamides is 1. The van der Waals surface area contributed by atoms with Gasteiger partial charge in [0.1, 0.15) is 5.82 Å². The lowest BCUT2D eigenvalue weighted by molar-refractivity contribution is -0.113. The second kappa shape index (κ2) is 10.5. The van der Waals surface area contributed by atoms with Crippen LogP contribution in [0.25, 0.3) is 0 Å². The number of aryl methyl sites for hydroxylation is 1. The van der Waals surface area contributed by atoms with Gasteiger partial charge in [0.25, 0.3) is 0 Å². The van der Waals surface area contributed by atoms with Gasteiger partial charge in [-0.25, -0.2) is 8.42 Å². The molecule has 2 heterocycles. The van der Waals surface area contributed by atoms with E-state index in [9.17, 15) is 13.2 Å². The Morgan fingerprint density at radius 3 is 2.61 bits per heavy atom. The molecule has 11 heteroatoms. The van der Waals surface area contributed by atoms with Crippen LogP contribution < -0.4 is 5.32 Å². The van der Waals surface area contributed by atoms with Gasteiger partial charge in [-0.3, -0.25) is 4.79 Å². The number of anilines is 1. The summed E-state index contributed by atoms with van der Waals surface area (Å²) in [5.74, 6) is 0.628. The van der Waals surface area contributed by atoms with Gasteiger partial charge in [-0.05, 0) is 30.7 Å². The Morgan fingerprint density at radius 2 is 1.85 bits per heavy atom. The Balaban J connectivity index is 1.39. The molecule has 1 aromatic heterocycles. The van der Waals surface area contributed by atoms with Gasteiger partial charge in [0.05, 0.1) is 30.4 Å². The number of hydrogen-bond donors (Lipinski definition) is 1. The first-order valence-electron chi connectivity index (χ1n) is 10.5. The van der Waals surface area contributed by atoms with E-state index in [1.165, 1.54) is 28.2 Å². The van der Waals surface area contributed by atoms with Crippen LogP contribution in [0.3, 0.4) is 0 Å². The summed E-state index contributed by atoms with van der Waals surface area (Å²) in [5.41, 5.74) is 1.54. The molecular formula is C22H25N5O4S2. The molecule has 0 spiro atoms. The van der Waals surface area contributed by atoms with Gasteiger partial charge < -0.3 is 14.6 Å². The van der Waals surface area contributed by atoms with Gasteiger partial charge in [-0.2, -0.15) is 4.31 Å². The predicted octanol–water partition coefficient (Wildman–Crippen LogP) is 2.39. The number of morpholine rings is 1. The van der Waals surface area contributed by atoms with E-state index in [1.54, 1.807) is 12.1 Å². The summed E-state index contributed by atoms with van der Waals surface area (Å²) in [6, 6.07) is 16.3. The van der Waals surface area contributed by atoms with Crippen molar-refractivity contribution in [3.63, 3.8) is 0 Å². The van der Waals surface area contributed by atoms with E-state index in [0.29, 0.717) is 43.7 Å². The maximum Gasteiger partial charge on any atom is 0.243 e. The molecule has 0 atom stereocenters. The lowest BCUT2D eigenvalue weighted by atomic mass is 10.2. The second-order valence-corrected chi connectivity index (χ2v) is 10.4. The molecule has 1 N–H and O–H groups in total. The number of carbonyl (C=O) groups excluding carboxylic acids is 1. The largest absolute Gasteiger partial charge is 0.379 e. The molecule has 174 valence electrons. The Morgan fingerprint density at radius 1 is 1.09 bits per heavy atom. The molecule has 1 aliphatic heterocycles. The van der Waals surface area contributed by atoms with E-state index in [2.05, 4.69) is 15.5 Å². The minimum atomic E-state index is -3.63. The van der Waals surface area contributed by atoms with Crippen molar-refractivity contribution in [1.29, 1.82) is 0 Å². The van der Waals surface area contributed by atoms with Gasteiger partial charge in [-0.15, -0.1) is 10.2 Å². The number of thioether (sulfide) groups is 1. The van der Waals surface area contributed by atoms with E-state index >= 15 is 0 Å². The third-order valence-electron chi connectivity index (χ3n) is 5.14. The maximum atomic E-state index is 12.9. The number of carbonyl (C=O) groups is 1. The zero-order valence-electron chi connectivity index (χ0n) is 18.2. The van der Waals surface area contributed by atoms with Crippen molar-refractivity contribution in [2.45, 2.75) is 23.5 Å². The second-order valence-electron chi connectivity index (χ2n) is 7.48. The van der Waals surface area contributed by atoms with Gasteiger partial charge >= 0.3 is 0 Å². The number of aromatic nitrogens is 3. The zero-order chi connectivity index (χ0) is 23.3. The van der Waals surface area contributed by atoms with E-state index in [0.717, 1.165) is 11.4 Å². The molecule has 1 aliphatic rings. The summed E-state index contributed by atoms with van der Waals surface area (Å²) in [5, 5.41) is 11.8. The molecule has 1 amide bonds. The first-order valence-corrected chi connectivity index (χ1v) is 12.9. The summed E-state index contributed by atoms with van der Waals surface area (Å²) in [6.07, 6.45) is 0. The van der Waals surface area contributed by atoms with Crippen LogP contribution in [0.5, 0.6) is 0 Å². The van der Waals surface area contributed by atoms with Crippen molar-refractivity contribution in [2.24, 2.45) is 0 Å². The van der Waals surface area contributed by atoms with Crippen LogP contribution >= 0.6 is 11.8 Å². The number of nitrogens with zero attached hydrogens (tertiary/aromatic N) is 4. The molecule has 2 aromatic carbocycles. The number of amides is 1. The first-order chi connectivity index (χ1) is 15.9. The molecular weight excluding hydrogens is 462 g/mol. The molecule has 0 saturated carbocycles. The third kappa shape index (κ3) is 5.80. The van der Waals surface area contributed by atoms with Crippen molar-refractivity contribution in [1.82, 2.24) is 19.1 Å². The van der Waals surface area contributed by atoms with E-state index < -0.39 is 10.0 Å². The fraction of sp³-hybridized carbons (Fsp3) is 0.318. The number of ether oxygens (including phenoxy) is 1. The summed E-state index contributed by atoms with van der Waals surface area (Å²) in [6.45, 7) is 3.88. The number of nitrogens with one attached hydrogen (secondary N) is 1. The molecule has 3 aromatic rings. The molecule has 0 unspecified atom stereocenters. The fourth-order valence-electron chi connectivity index (χ4n) is 3.41. The summed E-state index contributed by atoms with van der Waals surface area (Å²) < 4.78 is 34.3. The van der Waals surface area contributed by atoms with Crippen LogP contribution in [0.4, 0.5) is 5.69 Å². The standard InChI is InChI=1S/C22H25N5O4S2/c1-17-24-25-22(27(17)15-18-6-3-2-4-7-18)32-16-21(28)23-19-8-5-9-20(14-19)33(29,30)26-10-12-31-13-11-26/h2-9,14H,10-13,15-16H2,1H3,(H,23,28). The minimum absolute atomic E-state index is 0.118. The average molecular weight is 488 g/mol. The smallest absolute Gasteiger partial charge is 0.243 e. The lowest BCUT2D eigenvalue weighted by Gasteiger charge is -2.26. The highest BCUT2D eigenvalue weighted by Crippen LogP contribution is 2.22. The monoisotopic (exact) mass is 487 g/mol. The van der Waals surface area contributed by atoms with Gasteiger partial charge in [0.15, 0.2) is 5.16 Å². The van der Waals surface area contributed by atoms with Crippen molar-refractivity contribution >= 4 is 33.4 Å². The molecule has 1 fully saturated rings. The first kappa shape index (κ1) is 23.4. The number of hydrogen-bond acceptors (Lipinski definition) is 7. The summed E-state index contributed by atoms with van der Waals surface area (Å²) in [7, 11) is -3.63. The molecule has 0 bridgehead atoms. The Bertz CT molecular complexity index is 1210. The highest BCUT2D eigenvalue weighted by molar-refractivity contribution is 7.99. The van der Waals surface area contributed by atoms with E-state index in [4.69, 9.17) is 4.74 Å². The average Bonchev–Trinajstić information content (AvgIpc) is 3.18.